The van der Waals surface area contributed by atoms with Crippen molar-refractivity contribution in [2.24, 2.45) is 0 Å². The van der Waals surface area contributed by atoms with E-state index < -0.39 is 0 Å². The van der Waals surface area contributed by atoms with Gasteiger partial charge in [0, 0.05) is 19.2 Å². The highest BCUT2D eigenvalue weighted by Crippen LogP contribution is 2.26. The third kappa shape index (κ3) is 3.56. The van der Waals surface area contributed by atoms with Crippen molar-refractivity contribution in [3.63, 3.8) is 0 Å². The van der Waals surface area contributed by atoms with Crippen molar-refractivity contribution in [1.29, 1.82) is 0 Å². The maximum absolute atomic E-state index is 11.8. The minimum Gasteiger partial charge on any atom is -0.481 e. The maximum atomic E-state index is 11.8. The fraction of sp³-hybridized carbons (Fsp3) is 0.350. The molecule has 0 saturated carbocycles. The lowest BCUT2D eigenvalue weighted by Crippen LogP contribution is -2.32. The molecule has 1 unspecified atom stereocenters. The first-order chi connectivity index (χ1) is 13.7. The summed E-state index contributed by atoms with van der Waals surface area (Å²) in [7, 11) is 2.98. The molecule has 8 nitrogen and oxygen atoms in total. The van der Waals surface area contributed by atoms with Crippen LogP contribution in [-0.2, 0) is 22.6 Å². The van der Waals surface area contributed by atoms with Crippen LogP contribution in [0.15, 0.2) is 36.4 Å². The average Bonchev–Trinajstić information content (AvgIpc) is 3.11. The molecule has 1 aliphatic rings. The molecule has 2 aromatic heterocycles. The van der Waals surface area contributed by atoms with Crippen LogP contribution in [0.5, 0.6) is 5.88 Å². The van der Waals surface area contributed by atoms with E-state index in [4.69, 9.17) is 14.2 Å². The zero-order chi connectivity index (χ0) is 19.5. The maximum Gasteiger partial charge on any atom is 0.337 e. The molecule has 0 saturated heterocycles. The molecule has 4 rings (SSSR count). The fourth-order valence-corrected chi connectivity index (χ4v) is 3.45. The van der Waals surface area contributed by atoms with E-state index in [1.807, 2.05) is 24.3 Å². The predicted molar refractivity (Wildman–Crippen MR) is 102 cm³/mol. The van der Waals surface area contributed by atoms with Crippen LogP contribution >= 0.6 is 0 Å². The molecule has 3 heterocycles. The Morgan fingerprint density at radius 1 is 1.29 bits per heavy atom. The SMILES string of the molecule is COC(=O)c1ccc2c(c1)nc1n2C(CNCc2cccc(OC)n2)COC1. The molecule has 146 valence electrons. The van der Waals surface area contributed by atoms with Gasteiger partial charge in [0.1, 0.15) is 12.4 Å². The minimum atomic E-state index is -0.367. The third-order valence-electron chi connectivity index (χ3n) is 4.77. The molecule has 1 atom stereocenters. The van der Waals surface area contributed by atoms with E-state index in [2.05, 4.69) is 19.9 Å². The summed E-state index contributed by atoms with van der Waals surface area (Å²) < 4.78 is 17.9. The number of ether oxygens (including phenoxy) is 3. The Morgan fingerprint density at radius 2 is 2.18 bits per heavy atom. The summed E-state index contributed by atoms with van der Waals surface area (Å²) in [6.45, 7) is 2.38. The summed E-state index contributed by atoms with van der Waals surface area (Å²) in [5, 5.41) is 3.44. The van der Waals surface area contributed by atoms with E-state index in [9.17, 15) is 4.79 Å². The van der Waals surface area contributed by atoms with E-state index in [-0.39, 0.29) is 12.0 Å². The van der Waals surface area contributed by atoms with Gasteiger partial charge in [0.05, 0.1) is 49.2 Å². The standard InChI is InChI=1S/C20H22N4O4/c1-26-19-5-3-4-14(22-19)9-21-10-15-11-28-12-18-23-16-8-13(20(25)27-2)6-7-17(16)24(15)18/h3-8,15,21H,9-12H2,1-2H3. The quantitative estimate of drug-likeness (QED) is 0.653. The van der Waals surface area contributed by atoms with Gasteiger partial charge in [-0.2, -0.15) is 0 Å². The Morgan fingerprint density at radius 3 is 3.00 bits per heavy atom. The highest BCUT2D eigenvalue weighted by molar-refractivity contribution is 5.93. The summed E-state index contributed by atoms with van der Waals surface area (Å²) in [5.41, 5.74) is 3.15. The Labute approximate surface area is 162 Å². The second kappa shape index (κ2) is 7.95. The van der Waals surface area contributed by atoms with Crippen LogP contribution in [0.2, 0.25) is 0 Å². The molecule has 0 aliphatic carbocycles. The van der Waals surface area contributed by atoms with Gasteiger partial charge in [-0.25, -0.2) is 14.8 Å². The van der Waals surface area contributed by atoms with Crippen LogP contribution in [0.1, 0.15) is 27.9 Å². The molecule has 1 aliphatic heterocycles. The highest BCUT2D eigenvalue weighted by atomic mass is 16.5. The summed E-state index contributed by atoms with van der Waals surface area (Å²) in [6.07, 6.45) is 0. The summed E-state index contributed by atoms with van der Waals surface area (Å²) >= 11 is 0. The molecule has 1 N–H and O–H groups in total. The topological polar surface area (TPSA) is 87.5 Å². The van der Waals surface area contributed by atoms with Crippen molar-refractivity contribution in [3.8, 4) is 5.88 Å². The molecule has 0 fully saturated rings. The number of nitrogens with one attached hydrogen (secondary N) is 1. The third-order valence-corrected chi connectivity index (χ3v) is 4.77. The number of rotatable bonds is 6. The lowest BCUT2D eigenvalue weighted by atomic mass is 10.2. The minimum absolute atomic E-state index is 0.100. The molecular weight excluding hydrogens is 360 g/mol. The van der Waals surface area contributed by atoms with Gasteiger partial charge in [-0.05, 0) is 24.3 Å². The number of nitrogens with zero attached hydrogens (tertiary/aromatic N) is 3. The Hall–Kier alpha value is -2.97. The summed E-state index contributed by atoms with van der Waals surface area (Å²) in [6, 6.07) is 11.3. The number of fused-ring (bicyclic) bond motifs is 3. The molecule has 0 radical (unpaired) electrons. The van der Waals surface area contributed by atoms with Crippen molar-refractivity contribution in [1.82, 2.24) is 19.9 Å². The molecule has 0 amide bonds. The predicted octanol–water partition coefficient (Wildman–Crippen LogP) is 2.09. The zero-order valence-corrected chi connectivity index (χ0v) is 15.8. The smallest absolute Gasteiger partial charge is 0.337 e. The van der Waals surface area contributed by atoms with Gasteiger partial charge < -0.3 is 24.1 Å². The molecule has 0 spiro atoms. The lowest BCUT2D eigenvalue weighted by molar-refractivity contribution is 0.0563. The number of carbonyl (C=O) groups excluding carboxylic acids is 1. The summed E-state index contributed by atoms with van der Waals surface area (Å²) in [4.78, 5) is 20.8. The number of hydrogen-bond donors (Lipinski definition) is 1. The van der Waals surface area contributed by atoms with Crippen LogP contribution in [0, 0.1) is 0 Å². The van der Waals surface area contributed by atoms with Gasteiger partial charge in [-0.1, -0.05) is 6.07 Å². The number of aromatic nitrogens is 3. The zero-order valence-electron chi connectivity index (χ0n) is 15.8. The largest absolute Gasteiger partial charge is 0.481 e. The Bertz CT molecular complexity index is 1000. The van der Waals surface area contributed by atoms with E-state index in [0.717, 1.165) is 22.6 Å². The monoisotopic (exact) mass is 382 g/mol. The first-order valence-corrected chi connectivity index (χ1v) is 9.07. The van der Waals surface area contributed by atoms with Gasteiger partial charge >= 0.3 is 5.97 Å². The molecule has 0 bridgehead atoms. The molecule has 3 aromatic rings. The van der Waals surface area contributed by atoms with Crippen LogP contribution in [0.25, 0.3) is 11.0 Å². The van der Waals surface area contributed by atoms with E-state index in [1.54, 1.807) is 19.2 Å². The highest BCUT2D eigenvalue weighted by Gasteiger charge is 2.24. The number of benzene rings is 1. The molecule has 28 heavy (non-hydrogen) atoms. The molecule has 8 heteroatoms. The van der Waals surface area contributed by atoms with Crippen molar-refractivity contribution in [3.05, 3.63) is 53.5 Å². The molecule has 1 aromatic carbocycles. The van der Waals surface area contributed by atoms with Crippen LogP contribution in [0.3, 0.4) is 0 Å². The second-order valence-corrected chi connectivity index (χ2v) is 6.56. The van der Waals surface area contributed by atoms with Gasteiger partial charge in [-0.15, -0.1) is 0 Å². The normalized spacial score (nSPS) is 16.0. The van der Waals surface area contributed by atoms with Gasteiger partial charge in [0.25, 0.3) is 0 Å². The van der Waals surface area contributed by atoms with Crippen LogP contribution in [-0.4, -0.2) is 47.9 Å². The van der Waals surface area contributed by atoms with Crippen LogP contribution < -0.4 is 10.1 Å². The Balaban J connectivity index is 1.52. The average molecular weight is 382 g/mol. The second-order valence-electron chi connectivity index (χ2n) is 6.56. The Kier molecular flexibility index (Phi) is 5.23. The van der Waals surface area contributed by atoms with E-state index in [0.29, 0.717) is 37.7 Å². The number of carbonyl (C=O) groups is 1. The van der Waals surface area contributed by atoms with Crippen LogP contribution in [0.4, 0.5) is 0 Å². The number of pyridine rings is 1. The fourth-order valence-electron chi connectivity index (χ4n) is 3.45. The van der Waals surface area contributed by atoms with Crippen molar-refractivity contribution < 1.29 is 19.0 Å². The first kappa shape index (κ1) is 18.4. The van der Waals surface area contributed by atoms with Gasteiger partial charge in [0.15, 0.2) is 0 Å². The number of methoxy groups -OCH3 is 2. The number of hydrogen-bond acceptors (Lipinski definition) is 7. The van der Waals surface area contributed by atoms with Crippen molar-refractivity contribution in [2.45, 2.75) is 19.2 Å². The van der Waals surface area contributed by atoms with Crippen molar-refractivity contribution >= 4 is 17.0 Å². The van der Waals surface area contributed by atoms with E-state index >= 15 is 0 Å². The van der Waals surface area contributed by atoms with Gasteiger partial charge in [-0.3, -0.25) is 0 Å². The summed E-state index contributed by atoms with van der Waals surface area (Å²) in [5.74, 6) is 1.09. The lowest BCUT2D eigenvalue weighted by Gasteiger charge is -2.26. The first-order valence-electron chi connectivity index (χ1n) is 9.07. The number of esters is 1. The van der Waals surface area contributed by atoms with Gasteiger partial charge in [0.2, 0.25) is 5.88 Å². The molecular formula is C20H22N4O4. The van der Waals surface area contributed by atoms with E-state index in [1.165, 1.54) is 7.11 Å². The van der Waals surface area contributed by atoms with Crippen molar-refractivity contribution in [2.75, 3.05) is 27.4 Å². The number of imidazole rings is 1.